The number of thiophene rings is 1. The molecule has 7 heteroatoms. The molecule has 3 aromatic rings. The molecule has 0 unspecified atom stereocenters. The molecule has 0 atom stereocenters. The Hall–Kier alpha value is -2.51. The largest absolute Gasteiger partial charge is 0.336 e. The van der Waals surface area contributed by atoms with Gasteiger partial charge in [-0.15, -0.1) is 11.3 Å². The normalized spacial score (nSPS) is 17.9. The van der Waals surface area contributed by atoms with Crippen molar-refractivity contribution in [2.45, 2.75) is 45.2 Å². The number of hydrogen-bond donors (Lipinski definition) is 0. The molecule has 1 amide bonds. The fourth-order valence-corrected chi connectivity index (χ4v) is 5.39. The van der Waals surface area contributed by atoms with Crippen molar-refractivity contribution in [3.05, 3.63) is 62.3 Å². The topological polar surface area (TPSA) is 58.4 Å². The van der Waals surface area contributed by atoms with E-state index in [-0.39, 0.29) is 11.5 Å². The molecular formula is C24H28N4O2S. The Morgan fingerprint density at radius 2 is 1.84 bits per heavy atom. The van der Waals surface area contributed by atoms with Crippen LogP contribution in [0.2, 0.25) is 0 Å². The van der Waals surface area contributed by atoms with E-state index in [9.17, 15) is 9.59 Å². The number of rotatable bonds is 3. The molecule has 0 spiro atoms. The van der Waals surface area contributed by atoms with Gasteiger partial charge in [0.1, 0.15) is 5.82 Å². The van der Waals surface area contributed by atoms with Crippen LogP contribution in [0.5, 0.6) is 0 Å². The zero-order valence-electron chi connectivity index (χ0n) is 17.8. The fraction of sp³-hybridized carbons (Fsp3) is 0.458. The number of aromatic nitrogens is 2. The van der Waals surface area contributed by atoms with Gasteiger partial charge in [0.25, 0.3) is 11.5 Å². The molecule has 162 valence electrons. The standard InChI is InChI=1S/C24H28N4O2S/c29-23(27-13-11-26(12-14-27)17-19-6-5-15-31-19)18-8-9-20-21(16-18)25-22-7-3-1-2-4-10-28(22)24(20)30/h5-6,8-9,15-16H,1-4,7,10-14,17H2. The Kier molecular flexibility index (Phi) is 5.87. The van der Waals surface area contributed by atoms with E-state index in [1.165, 1.54) is 11.3 Å². The predicted octanol–water partition coefficient (Wildman–Crippen LogP) is 3.53. The molecule has 0 bridgehead atoms. The fourth-order valence-electron chi connectivity index (χ4n) is 4.64. The summed E-state index contributed by atoms with van der Waals surface area (Å²) in [5, 5.41) is 2.72. The zero-order valence-corrected chi connectivity index (χ0v) is 18.6. The molecule has 1 aromatic carbocycles. The van der Waals surface area contributed by atoms with Crippen LogP contribution in [-0.2, 0) is 19.5 Å². The summed E-state index contributed by atoms with van der Waals surface area (Å²) in [5.41, 5.74) is 1.31. The summed E-state index contributed by atoms with van der Waals surface area (Å²) < 4.78 is 1.84. The maximum Gasteiger partial charge on any atom is 0.261 e. The number of hydrogen-bond acceptors (Lipinski definition) is 5. The van der Waals surface area contributed by atoms with E-state index in [1.54, 1.807) is 23.5 Å². The molecule has 6 nitrogen and oxygen atoms in total. The highest BCUT2D eigenvalue weighted by atomic mass is 32.1. The van der Waals surface area contributed by atoms with E-state index >= 15 is 0 Å². The summed E-state index contributed by atoms with van der Waals surface area (Å²) in [6.45, 7) is 4.90. The van der Waals surface area contributed by atoms with Gasteiger partial charge in [0.05, 0.1) is 10.9 Å². The van der Waals surface area contributed by atoms with E-state index in [4.69, 9.17) is 4.98 Å². The lowest BCUT2D eigenvalue weighted by Gasteiger charge is -2.34. The van der Waals surface area contributed by atoms with Gasteiger partial charge in [0.15, 0.2) is 0 Å². The van der Waals surface area contributed by atoms with Crippen molar-refractivity contribution in [2.75, 3.05) is 26.2 Å². The van der Waals surface area contributed by atoms with Gasteiger partial charge in [-0.1, -0.05) is 18.9 Å². The second-order valence-electron chi connectivity index (χ2n) is 8.53. The Bertz CT molecular complexity index is 1130. The number of fused-ring (bicyclic) bond motifs is 2. The summed E-state index contributed by atoms with van der Waals surface area (Å²) in [6, 6.07) is 9.64. The highest BCUT2D eigenvalue weighted by Gasteiger charge is 2.23. The molecule has 0 saturated carbocycles. The smallest absolute Gasteiger partial charge is 0.261 e. The lowest BCUT2D eigenvalue weighted by Crippen LogP contribution is -2.48. The highest BCUT2D eigenvalue weighted by Crippen LogP contribution is 2.19. The van der Waals surface area contributed by atoms with Gasteiger partial charge in [-0.3, -0.25) is 19.1 Å². The number of piperazine rings is 1. The quantitative estimate of drug-likeness (QED) is 0.630. The summed E-state index contributed by atoms with van der Waals surface area (Å²) in [4.78, 5) is 36.6. The van der Waals surface area contributed by atoms with E-state index in [2.05, 4.69) is 22.4 Å². The molecule has 2 aliphatic rings. The van der Waals surface area contributed by atoms with Crippen molar-refractivity contribution in [1.29, 1.82) is 0 Å². The van der Waals surface area contributed by atoms with Crippen LogP contribution in [0.25, 0.3) is 10.9 Å². The first-order valence-corrected chi connectivity index (χ1v) is 12.1. The van der Waals surface area contributed by atoms with Gasteiger partial charge < -0.3 is 4.90 Å². The molecule has 4 heterocycles. The minimum absolute atomic E-state index is 0.0306. The predicted molar refractivity (Wildman–Crippen MR) is 124 cm³/mol. The van der Waals surface area contributed by atoms with Crippen molar-refractivity contribution >= 4 is 28.1 Å². The molecular weight excluding hydrogens is 408 g/mol. The molecule has 1 fully saturated rings. The molecule has 2 aliphatic heterocycles. The van der Waals surface area contributed by atoms with E-state index in [0.29, 0.717) is 16.5 Å². The van der Waals surface area contributed by atoms with E-state index < -0.39 is 0 Å². The molecule has 1 saturated heterocycles. The Balaban J connectivity index is 1.33. The van der Waals surface area contributed by atoms with Crippen LogP contribution in [0.15, 0.2) is 40.5 Å². The minimum Gasteiger partial charge on any atom is -0.336 e. The van der Waals surface area contributed by atoms with Crippen molar-refractivity contribution in [3.63, 3.8) is 0 Å². The Labute approximate surface area is 186 Å². The van der Waals surface area contributed by atoms with Gasteiger partial charge in [0.2, 0.25) is 0 Å². The number of benzene rings is 1. The van der Waals surface area contributed by atoms with Crippen molar-refractivity contribution in [1.82, 2.24) is 19.4 Å². The van der Waals surface area contributed by atoms with Crippen molar-refractivity contribution in [2.24, 2.45) is 0 Å². The molecule has 0 radical (unpaired) electrons. The number of amides is 1. The molecule has 0 aliphatic carbocycles. The van der Waals surface area contributed by atoms with E-state index in [0.717, 1.165) is 70.8 Å². The monoisotopic (exact) mass is 436 g/mol. The maximum absolute atomic E-state index is 13.1. The van der Waals surface area contributed by atoms with Crippen LogP contribution in [0.3, 0.4) is 0 Å². The molecule has 2 aromatic heterocycles. The van der Waals surface area contributed by atoms with E-state index in [1.807, 2.05) is 15.5 Å². The van der Waals surface area contributed by atoms with Crippen LogP contribution in [0.4, 0.5) is 0 Å². The third-order valence-electron chi connectivity index (χ3n) is 6.43. The second-order valence-corrected chi connectivity index (χ2v) is 9.56. The summed E-state index contributed by atoms with van der Waals surface area (Å²) in [7, 11) is 0. The van der Waals surface area contributed by atoms with Crippen LogP contribution >= 0.6 is 11.3 Å². The van der Waals surface area contributed by atoms with Crippen LogP contribution in [-0.4, -0.2) is 51.4 Å². The average molecular weight is 437 g/mol. The Morgan fingerprint density at radius 3 is 2.65 bits per heavy atom. The van der Waals surface area contributed by atoms with Gasteiger partial charge in [0, 0.05) is 56.1 Å². The first kappa shape index (κ1) is 20.4. The van der Waals surface area contributed by atoms with Crippen LogP contribution < -0.4 is 5.56 Å². The van der Waals surface area contributed by atoms with Gasteiger partial charge >= 0.3 is 0 Å². The Morgan fingerprint density at radius 1 is 1.00 bits per heavy atom. The summed E-state index contributed by atoms with van der Waals surface area (Å²) in [6.07, 6.45) is 5.26. The lowest BCUT2D eigenvalue weighted by atomic mass is 10.1. The summed E-state index contributed by atoms with van der Waals surface area (Å²) in [5.74, 6) is 0.898. The SMILES string of the molecule is O=C(c1ccc2c(=O)n3c(nc2c1)CCCCCC3)N1CCN(Cc2cccs2)CC1. The maximum atomic E-state index is 13.1. The average Bonchev–Trinajstić information content (AvgIpc) is 3.28. The van der Waals surface area contributed by atoms with Gasteiger partial charge in [-0.2, -0.15) is 0 Å². The van der Waals surface area contributed by atoms with Crippen molar-refractivity contribution in [3.8, 4) is 0 Å². The molecule has 0 N–H and O–H groups in total. The third-order valence-corrected chi connectivity index (χ3v) is 7.29. The number of nitrogens with zero attached hydrogens (tertiary/aromatic N) is 4. The number of carbonyl (C=O) groups is 1. The van der Waals surface area contributed by atoms with Crippen LogP contribution in [0, 0.1) is 0 Å². The molecule has 31 heavy (non-hydrogen) atoms. The number of carbonyl (C=O) groups excluding carboxylic acids is 1. The highest BCUT2D eigenvalue weighted by molar-refractivity contribution is 7.09. The first-order valence-electron chi connectivity index (χ1n) is 11.3. The second kappa shape index (κ2) is 8.93. The lowest BCUT2D eigenvalue weighted by molar-refractivity contribution is 0.0630. The van der Waals surface area contributed by atoms with Gasteiger partial charge in [-0.05, 0) is 42.5 Å². The summed E-state index contributed by atoms with van der Waals surface area (Å²) >= 11 is 1.78. The number of aryl methyl sites for hydroxylation is 1. The first-order chi connectivity index (χ1) is 15.2. The zero-order chi connectivity index (χ0) is 21.2. The molecule has 5 rings (SSSR count). The van der Waals surface area contributed by atoms with Crippen LogP contribution in [0.1, 0.15) is 46.7 Å². The third kappa shape index (κ3) is 4.29. The van der Waals surface area contributed by atoms with Crippen molar-refractivity contribution < 1.29 is 4.79 Å². The van der Waals surface area contributed by atoms with Gasteiger partial charge in [-0.25, -0.2) is 4.98 Å². The minimum atomic E-state index is 0.0306.